The number of rotatable bonds is 2. The summed E-state index contributed by atoms with van der Waals surface area (Å²) in [6.07, 6.45) is 2.94. The fourth-order valence-corrected chi connectivity index (χ4v) is 2.08. The van der Waals surface area contributed by atoms with Crippen molar-refractivity contribution in [3.05, 3.63) is 11.6 Å². The third-order valence-corrected chi connectivity index (χ3v) is 3.68. The maximum absolute atomic E-state index is 12.2. The van der Waals surface area contributed by atoms with Crippen LogP contribution in [0.3, 0.4) is 0 Å². The van der Waals surface area contributed by atoms with Crippen LogP contribution in [0.15, 0.2) is 11.6 Å². The van der Waals surface area contributed by atoms with E-state index >= 15 is 0 Å². The molecule has 1 aliphatic heterocycles. The van der Waals surface area contributed by atoms with Gasteiger partial charge in [-0.2, -0.15) is 0 Å². The first-order valence-corrected chi connectivity index (χ1v) is 6.58. The summed E-state index contributed by atoms with van der Waals surface area (Å²) in [5.41, 5.74) is 1.49. The number of aliphatic carboxylic acids is 1. The molecule has 0 saturated carbocycles. The number of carbonyl (C=O) groups is 2. The monoisotopic (exact) mass is 268 g/mol. The Morgan fingerprint density at radius 2 is 2.00 bits per heavy atom. The summed E-state index contributed by atoms with van der Waals surface area (Å²) in [7, 11) is 1.53. The average Bonchev–Trinajstić information content (AvgIpc) is 2.35. The van der Waals surface area contributed by atoms with Gasteiger partial charge in [0.15, 0.2) is 0 Å². The highest BCUT2D eigenvalue weighted by Crippen LogP contribution is 2.30. The summed E-state index contributed by atoms with van der Waals surface area (Å²) in [6, 6.07) is -1.03. The molecular weight excluding hydrogens is 244 g/mol. The number of urea groups is 1. The molecule has 0 aromatic rings. The van der Waals surface area contributed by atoms with Gasteiger partial charge in [0.1, 0.15) is 6.04 Å². The number of amides is 2. The Kier molecular flexibility index (Phi) is 4.61. The summed E-state index contributed by atoms with van der Waals surface area (Å²) >= 11 is 0. The molecule has 2 amide bonds. The maximum atomic E-state index is 12.2. The van der Waals surface area contributed by atoms with Crippen molar-refractivity contribution in [2.45, 2.75) is 40.2 Å². The average molecular weight is 268 g/mol. The lowest BCUT2D eigenvalue weighted by atomic mass is 9.83. The van der Waals surface area contributed by atoms with E-state index in [1.54, 1.807) is 4.90 Å². The van der Waals surface area contributed by atoms with Crippen LogP contribution in [0.25, 0.3) is 0 Å². The summed E-state index contributed by atoms with van der Waals surface area (Å²) < 4.78 is 0. The Hall–Kier alpha value is -1.52. The topological polar surface area (TPSA) is 60.9 Å². The minimum Gasteiger partial charge on any atom is -0.480 e. The van der Waals surface area contributed by atoms with E-state index in [-0.39, 0.29) is 11.4 Å². The Labute approximate surface area is 114 Å². The first-order valence-electron chi connectivity index (χ1n) is 6.58. The van der Waals surface area contributed by atoms with Crippen molar-refractivity contribution in [3.8, 4) is 0 Å². The van der Waals surface area contributed by atoms with E-state index in [9.17, 15) is 9.59 Å². The Morgan fingerprint density at radius 1 is 1.42 bits per heavy atom. The Morgan fingerprint density at radius 3 is 2.37 bits per heavy atom. The number of likely N-dealkylation sites (N-methyl/N-ethyl adjacent to an activating group) is 1. The Bertz CT molecular complexity index is 396. The zero-order chi connectivity index (χ0) is 14.8. The molecule has 108 valence electrons. The van der Waals surface area contributed by atoms with Crippen molar-refractivity contribution < 1.29 is 14.7 Å². The van der Waals surface area contributed by atoms with Crippen molar-refractivity contribution in [2.24, 2.45) is 5.41 Å². The van der Waals surface area contributed by atoms with E-state index in [4.69, 9.17) is 5.11 Å². The standard InChI is InChI=1S/C14H24N2O3/c1-10(12(17)18)15(5)13(19)16-8-6-11(7-9-16)14(2,3)4/h6,10H,7-9H2,1-5H3,(H,17,18). The quantitative estimate of drug-likeness (QED) is 0.781. The third-order valence-electron chi connectivity index (χ3n) is 3.68. The van der Waals surface area contributed by atoms with Gasteiger partial charge in [0.2, 0.25) is 0 Å². The van der Waals surface area contributed by atoms with Crippen LogP contribution in [-0.2, 0) is 4.79 Å². The van der Waals surface area contributed by atoms with E-state index in [0.29, 0.717) is 13.1 Å². The van der Waals surface area contributed by atoms with Crippen LogP contribution in [0.4, 0.5) is 4.79 Å². The smallest absolute Gasteiger partial charge is 0.326 e. The molecule has 1 atom stereocenters. The molecule has 1 N–H and O–H groups in total. The summed E-state index contributed by atoms with van der Waals surface area (Å²) in [6.45, 7) is 9.21. The molecule has 0 saturated heterocycles. The maximum Gasteiger partial charge on any atom is 0.326 e. The van der Waals surface area contributed by atoms with Gasteiger partial charge in [0.05, 0.1) is 0 Å². The SMILES string of the molecule is CC(C(=O)O)N(C)C(=O)N1CC=C(C(C)(C)C)CC1. The van der Waals surface area contributed by atoms with Gasteiger partial charge >= 0.3 is 12.0 Å². The van der Waals surface area contributed by atoms with Gasteiger partial charge in [-0.25, -0.2) is 9.59 Å². The molecular formula is C14H24N2O3. The van der Waals surface area contributed by atoms with Gasteiger partial charge in [-0.15, -0.1) is 0 Å². The van der Waals surface area contributed by atoms with E-state index in [2.05, 4.69) is 26.8 Å². The van der Waals surface area contributed by atoms with E-state index in [1.807, 2.05) is 0 Å². The molecule has 0 aliphatic carbocycles. The zero-order valence-corrected chi connectivity index (χ0v) is 12.4. The molecule has 1 unspecified atom stereocenters. The normalized spacial score (nSPS) is 17.7. The number of carboxylic acids is 1. The lowest BCUT2D eigenvalue weighted by Gasteiger charge is -2.35. The van der Waals surface area contributed by atoms with Crippen molar-refractivity contribution in [1.29, 1.82) is 0 Å². The van der Waals surface area contributed by atoms with Gasteiger partial charge in [0.25, 0.3) is 0 Å². The molecule has 1 rings (SSSR count). The predicted octanol–water partition coefficient (Wildman–Crippen LogP) is 2.19. The second kappa shape index (κ2) is 5.63. The predicted molar refractivity (Wildman–Crippen MR) is 74.0 cm³/mol. The molecule has 5 nitrogen and oxygen atoms in total. The second-order valence-corrected chi connectivity index (χ2v) is 6.08. The van der Waals surface area contributed by atoms with Crippen LogP contribution in [0.1, 0.15) is 34.1 Å². The van der Waals surface area contributed by atoms with E-state index in [1.165, 1.54) is 24.4 Å². The number of hydrogen-bond acceptors (Lipinski definition) is 2. The molecule has 1 heterocycles. The summed E-state index contributed by atoms with van der Waals surface area (Å²) in [5, 5.41) is 8.92. The van der Waals surface area contributed by atoms with E-state index in [0.717, 1.165) is 6.42 Å². The fourth-order valence-electron chi connectivity index (χ4n) is 2.08. The molecule has 0 fully saturated rings. The Balaban J connectivity index is 2.68. The van der Waals surface area contributed by atoms with Crippen LogP contribution in [0.2, 0.25) is 0 Å². The first kappa shape index (κ1) is 15.5. The van der Waals surface area contributed by atoms with Crippen molar-refractivity contribution in [2.75, 3.05) is 20.1 Å². The van der Waals surface area contributed by atoms with Gasteiger partial charge in [-0.05, 0) is 18.8 Å². The van der Waals surface area contributed by atoms with Crippen molar-refractivity contribution in [1.82, 2.24) is 9.80 Å². The molecule has 0 radical (unpaired) electrons. The van der Waals surface area contributed by atoms with Gasteiger partial charge in [-0.1, -0.05) is 32.4 Å². The van der Waals surface area contributed by atoms with Crippen LogP contribution in [0.5, 0.6) is 0 Å². The second-order valence-electron chi connectivity index (χ2n) is 6.08. The van der Waals surface area contributed by atoms with Crippen LogP contribution < -0.4 is 0 Å². The highest BCUT2D eigenvalue weighted by atomic mass is 16.4. The fraction of sp³-hybridized carbons (Fsp3) is 0.714. The minimum atomic E-state index is -0.987. The highest BCUT2D eigenvalue weighted by Gasteiger charge is 2.28. The third kappa shape index (κ3) is 3.72. The summed E-state index contributed by atoms with van der Waals surface area (Å²) in [4.78, 5) is 26.0. The first-order chi connectivity index (χ1) is 8.64. The lowest BCUT2D eigenvalue weighted by Crippen LogP contribution is -2.49. The van der Waals surface area contributed by atoms with Gasteiger partial charge in [-0.3, -0.25) is 0 Å². The van der Waals surface area contributed by atoms with Crippen molar-refractivity contribution in [3.63, 3.8) is 0 Å². The van der Waals surface area contributed by atoms with E-state index < -0.39 is 12.0 Å². The summed E-state index contributed by atoms with van der Waals surface area (Å²) in [5.74, 6) is -0.987. The van der Waals surface area contributed by atoms with Crippen LogP contribution in [-0.4, -0.2) is 53.1 Å². The van der Waals surface area contributed by atoms with Crippen LogP contribution in [0, 0.1) is 5.41 Å². The van der Waals surface area contributed by atoms with Crippen molar-refractivity contribution >= 4 is 12.0 Å². The number of hydrogen-bond donors (Lipinski definition) is 1. The zero-order valence-electron chi connectivity index (χ0n) is 12.4. The lowest BCUT2D eigenvalue weighted by molar-refractivity contribution is -0.141. The highest BCUT2D eigenvalue weighted by molar-refractivity contribution is 5.82. The molecule has 0 aromatic carbocycles. The van der Waals surface area contributed by atoms with Gasteiger partial charge < -0.3 is 14.9 Å². The number of nitrogens with zero attached hydrogens (tertiary/aromatic N) is 2. The molecule has 0 spiro atoms. The molecule has 5 heteroatoms. The molecule has 19 heavy (non-hydrogen) atoms. The number of carboxylic acid groups (broad SMARTS) is 1. The number of carbonyl (C=O) groups excluding carboxylic acids is 1. The van der Waals surface area contributed by atoms with Gasteiger partial charge in [0, 0.05) is 20.1 Å². The largest absolute Gasteiger partial charge is 0.480 e. The molecule has 0 bridgehead atoms. The molecule has 1 aliphatic rings. The molecule has 0 aromatic heterocycles. The van der Waals surface area contributed by atoms with Crippen LogP contribution >= 0.6 is 0 Å². The minimum absolute atomic E-state index is 0.134.